The minimum absolute atomic E-state index is 0.302. The van der Waals surface area contributed by atoms with Crippen LogP contribution in [-0.4, -0.2) is 5.97 Å². The van der Waals surface area contributed by atoms with Gasteiger partial charge < -0.3 is 4.74 Å². The SMILES string of the molecule is CC(C)c1ccccc1OC(=O)c1cccc2ccccc12. The Hall–Kier alpha value is -2.61. The molecule has 2 nitrogen and oxygen atoms in total. The summed E-state index contributed by atoms with van der Waals surface area (Å²) in [5, 5.41) is 1.95. The molecule has 0 aliphatic rings. The van der Waals surface area contributed by atoms with Crippen molar-refractivity contribution in [3.05, 3.63) is 77.9 Å². The number of carbonyl (C=O) groups is 1. The lowest BCUT2D eigenvalue weighted by atomic mass is 10.0. The van der Waals surface area contributed by atoms with Gasteiger partial charge in [0.15, 0.2) is 0 Å². The number of rotatable bonds is 3. The van der Waals surface area contributed by atoms with Gasteiger partial charge in [-0.15, -0.1) is 0 Å². The van der Waals surface area contributed by atoms with Gasteiger partial charge in [0.2, 0.25) is 0 Å². The Bertz CT molecular complexity index is 813. The largest absolute Gasteiger partial charge is 0.423 e. The molecule has 110 valence electrons. The molecule has 0 amide bonds. The summed E-state index contributed by atoms with van der Waals surface area (Å²) in [6.07, 6.45) is 0. The third-order valence-corrected chi connectivity index (χ3v) is 3.75. The Kier molecular flexibility index (Phi) is 3.92. The summed E-state index contributed by atoms with van der Waals surface area (Å²) in [6.45, 7) is 4.18. The van der Waals surface area contributed by atoms with Crippen LogP contribution in [0.1, 0.15) is 35.7 Å². The molecule has 0 aromatic heterocycles. The van der Waals surface area contributed by atoms with Crippen LogP contribution in [0.4, 0.5) is 0 Å². The summed E-state index contributed by atoms with van der Waals surface area (Å²) < 4.78 is 5.66. The molecule has 0 aliphatic carbocycles. The van der Waals surface area contributed by atoms with Gasteiger partial charge in [0.25, 0.3) is 0 Å². The molecule has 0 saturated carbocycles. The van der Waals surface area contributed by atoms with Gasteiger partial charge in [0, 0.05) is 0 Å². The van der Waals surface area contributed by atoms with Gasteiger partial charge in [0.1, 0.15) is 5.75 Å². The number of ether oxygens (including phenoxy) is 1. The van der Waals surface area contributed by atoms with Crippen LogP contribution in [0.25, 0.3) is 10.8 Å². The van der Waals surface area contributed by atoms with Gasteiger partial charge >= 0.3 is 5.97 Å². The Labute approximate surface area is 130 Å². The summed E-state index contributed by atoms with van der Waals surface area (Å²) in [4.78, 5) is 12.6. The normalized spacial score (nSPS) is 10.9. The topological polar surface area (TPSA) is 26.3 Å². The summed E-state index contributed by atoms with van der Waals surface area (Å²) >= 11 is 0. The van der Waals surface area contributed by atoms with Crippen molar-refractivity contribution in [2.45, 2.75) is 19.8 Å². The van der Waals surface area contributed by atoms with E-state index in [-0.39, 0.29) is 5.97 Å². The Morgan fingerprint density at radius 3 is 2.36 bits per heavy atom. The molecule has 3 aromatic rings. The fraction of sp³-hybridized carbons (Fsp3) is 0.150. The van der Waals surface area contributed by atoms with E-state index in [9.17, 15) is 4.79 Å². The monoisotopic (exact) mass is 290 g/mol. The van der Waals surface area contributed by atoms with Crippen LogP contribution < -0.4 is 4.74 Å². The predicted octanol–water partition coefficient (Wildman–Crippen LogP) is 5.18. The van der Waals surface area contributed by atoms with E-state index in [1.54, 1.807) is 0 Å². The molecular weight excluding hydrogens is 272 g/mol. The van der Waals surface area contributed by atoms with Crippen LogP contribution in [0.3, 0.4) is 0 Å². The van der Waals surface area contributed by atoms with E-state index in [1.165, 1.54) is 0 Å². The molecule has 0 spiro atoms. The van der Waals surface area contributed by atoms with Gasteiger partial charge in [-0.2, -0.15) is 0 Å². The smallest absolute Gasteiger partial charge is 0.344 e. The van der Waals surface area contributed by atoms with Crippen LogP contribution in [0, 0.1) is 0 Å². The van der Waals surface area contributed by atoms with E-state index in [4.69, 9.17) is 4.74 Å². The fourth-order valence-electron chi connectivity index (χ4n) is 2.61. The van der Waals surface area contributed by atoms with Gasteiger partial charge in [-0.05, 0) is 34.4 Å². The van der Waals surface area contributed by atoms with Crippen molar-refractivity contribution >= 4 is 16.7 Å². The Morgan fingerprint density at radius 1 is 0.864 bits per heavy atom. The summed E-state index contributed by atoms with van der Waals surface area (Å²) in [7, 11) is 0. The van der Waals surface area contributed by atoms with Crippen LogP contribution in [-0.2, 0) is 0 Å². The molecule has 3 aromatic carbocycles. The number of hydrogen-bond acceptors (Lipinski definition) is 2. The van der Waals surface area contributed by atoms with E-state index in [1.807, 2.05) is 66.7 Å². The second kappa shape index (κ2) is 6.02. The second-order valence-electron chi connectivity index (χ2n) is 5.61. The van der Waals surface area contributed by atoms with Gasteiger partial charge in [-0.25, -0.2) is 4.79 Å². The van der Waals surface area contributed by atoms with Crippen molar-refractivity contribution in [3.63, 3.8) is 0 Å². The maximum atomic E-state index is 12.6. The highest BCUT2D eigenvalue weighted by Gasteiger charge is 2.15. The minimum atomic E-state index is -0.315. The minimum Gasteiger partial charge on any atom is -0.423 e. The van der Waals surface area contributed by atoms with E-state index in [0.29, 0.717) is 17.2 Å². The lowest BCUT2D eigenvalue weighted by molar-refractivity contribution is 0.0735. The van der Waals surface area contributed by atoms with Gasteiger partial charge in [-0.1, -0.05) is 68.4 Å². The molecule has 3 rings (SSSR count). The molecule has 0 saturated heterocycles. The molecule has 0 atom stereocenters. The van der Waals surface area contributed by atoms with Crippen molar-refractivity contribution in [1.29, 1.82) is 0 Å². The van der Waals surface area contributed by atoms with Crippen molar-refractivity contribution in [3.8, 4) is 5.75 Å². The average molecular weight is 290 g/mol. The lowest BCUT2D eigenvalue weighted by Gasteiger charge is -2.13. The number of carbonyl (C=O) groups excluding carboxylic acids is 1. The third-order valence-electron chi connectivity index (χ3n) is 3.75. The molecule has 0 bridgehead atoms. The standard InChI is InChI=1S/C20H18O2/c1-14(2)16-10-5-6-13-19(16)22-20(21)18-12-7-9-15-8-3-4-11-17(15)18/h3-14H,1-2H3. The molecule has 0 heterocycles. The average Bonchev–Trinajstić information content (AvgIpc) is 2.54. The quantitative estimate of drug-likeness (QED) is 0.490. The first-order valence-corrected chi connectivity index (χ1v) is 7.45. The molecule has 0 unspecified atom stereocenters. The van der Waals surface area contributed by atoms with Crippen LogP contribution in [0.15, 0.2) is 66.7 Å². The Balaban J connectivity index is 1.98. The van der Waals surface area contributed by atoms with Gasteiger partial charge in [0.05, 0.1) is 5.56 Å². The number of hydrogen-bond donors (Lipinski definition) is 0. The molecule has 2 heteroatoms. The van der Waals surface area contributed by atoms with Crippen LogP contribution in [0.2, 0.25) is 0 Å². The predicted molar refractivity (Wildman–Crippen MR) is 89.4 cm³/mol. The van der Waals surface area contributed by atoms with E-state index in [2.05, 4.69) is 13.8 Å². The highest BCUT2D eigenvalue weighted by Crippen LogP contribution is 2.27. The molecule has 0 fully saturated rings. The summed E-state index contributed by atoms with van der Waals surface area (Å²) in [6, 6.07) is 21.2. The van der Waals surface area contributed by atoms with E-state index < -0.39 is 0 Å². The zero-order chi connectivity index (χ0) is 15.5. The van der Waals surface area contributed by atoms with Crippen molar-refractivity contribution in [1.82, 2.24) is 0 Å². The molecular formula is C20H18O2. The van der Waals surface area contributed by atoms with E-state index >= 15 is 0 Å². The lowest BCUT2D eigenvalue weighted by Crippen LogP contribution is -2.10. The summed E-state index contributed by atoms with van der Waals surface area (Å²) in [5.41, 5.74) is 1.63. The van der Waals surface area contributed by atoms with E-state index in [0.717, 1.165) is 16.3 Å². The summed E-state index contributed by atoms with van der Waals surface area (Å²) in [5.74, 6) is 0.622. The van der Waals surface area contributed by atoms with Crippen LogP contribution in [0.5, 0.6) is 5.75 Å². The number of benzene rings is 3. The zero-order valence-corrected chi connectivity index (χ0v) is 12.7. The van der Waals surface area contributed by atoms with Crippen molar-refractivity contribution in [2.24, 2.45) is 0 Å². The number of esters is 1. The molecule has 22 heavy (non-hydrogen) atoms. The first kappa shape index (κ1) is 14.3. The second-order valence-corrected chi connectivity index (χ2v) is 5.61. The highest BCUT2D eigenvalue weighted by molar-refractivity contribution is 6.05. The zero-order valence-electron chi connectivity index (χ0n) is 12.7. The maximum absolute atomic E-state index is 12.6. The third kappa shape index (κ3) is 2.73. The van der Waals surface area contributed by atoms with Crippen molar-refractivity contribution < 1.29 is 9.53 Å². The number of para-hydroxylation sites is 1. The Morgan fingerprint density at radius 2 is 1.55 bits per heavy atom. The fourth-order valence-corrected chi connectivity index (χ4v) is 2.61. The molecule has 0 radical (unpaired) electrons. The van der Waals surface area contributed by atoms with Crippen molar-refractivity contribution in [2.75, 3.05) is 0 Å². The molecule has 0 N–H and O–H groups in total. The van der Waals surface area contributed by atoms with Crippen LogP contribution >= 0.6 is 0 Å². The highest BCUT2D eigenvalue weighted by atomic mass is 16.5. The maximum Gasteiger partial charge on any atom is 0.344 e. The first-order chi connectivity index (χ1) is 10.7. The molecule has 0 aliphatic heterocycles. The number of fused-ring (bicyclic) bond motifs is 1. The van der Waals surface area contributed by atoms with Gasteiger partial charge in [-0.3, -0.25) is 0 Å². The first-order valence-electron chi connectivity index (χ1n) is 7.45.